The summed E-state index contributed by atoms with van der Waals surface area (Å²) in [4.78, 5) is 35.7. The molecule has 1 heterocycles. The smallest absolute Gasteiger partial charge is 0.335 e. The summed E-state index contributed by atoms with van der Waals surface area (Å²) < 4.78 is 0. The number of nitrogens with zero attached hydrogens (tertiary/aromatic N) is 1. The topological polar surface area (TPSA) is 113 Å². The molecule has 4 N–H and O–H groups in total. The van der Waals surface area contributed by atoms with E-state index < -0.39 is 23.9 Å². The molecule has 1 aliphatic heterocycles. The van der Waals surface area contributed by atoms with Crippen molar-refractivity contribution in [2.45, 2.75) is 18.9 Å². The van der Waals surface area contributed by atoms with Gasteiger partial charge >= 0.3 is 12.0 Å². The molecule has 3 amide bonds. The first kappa shape index (κ1) is 15.1. The van der Waals surface area contributed by atoms with Crippen LogP contribution in [0.25, 0.3) is 0 Å². The van der Waals surface area contributed by atoms with Gasteiger partial charge in [-0.25, -0.2) is 9.59 Å². The van der Waals surface area contributed by atoms with Crippen LogP contribution in [-0.2, 0) is 4.79 Å². The van der Waals surface area contributed by atoms with Crippen LogP contribution < -0.4 is 11.1 Å². The van der Waals surface area contributed by atoms with Crippen LogP contribution in [0.4, 0.5) is 10.5 Å². The molecule has 2 rings (SSSR count). The Morgan fingerprint density at radius 3 is 2.67 bits per heavy atom. The first-order valence-corrected chi connectivity index (χ1v) is 6.67. The quantitative estimate of drug-likeness (QED) is 0.785. The number of halogens is 1. The van der Waals surface area contributed by atoms with Gasteiger partial charge in [-0.15, -0.1) is 0 Å². The van der Waals surface area contributed by atoms with Gasteiger partial charge in [0, 0.05) is 17.3 Å². The number of benzene rings is 1. The average molecular weight is 312 g/mol. The van der Waals surface area contributed by atoms with Crippen molar-refractivity contribution in [3.8, 4) is 0 Å². The van der Waals surface area contributed by atoms with E-state index in [0.717, 1.165) is 0 Å². The molecule has 0 aliphatic carbocycles. The molecule has 0 radical (unpaired) electrons. The zero-order valence-corrected chi connectivity index (χ0v) is 11.8. The van der Waals surface area contributed by atoms with E-state index in [1.165, 1.54) is 23.1 Å². The molecule has 7 nitrogen and oxygen atoms in total. The molecule has 0 bridgehead atoms. The Hall–Kier alpha value is -2.28. The lowest BCUT2D eigenvalue weighted by molar-refractivity contribution is -0.121. The lowest BCUT2D eigenvalue weighted by Gasteiger charge is -2.22. The Kier molecular flexibility index (Phi) is 4.32. The van der Waals surface area contributed by atoms with Gasteiger partial charge in [0.1, 0.15) is 6.04 Å². The Morgan fingerprint density at radius 2 is 2.05 bits per heavy atom. The molecule has 1 aliphatic rings. The van der Waals surface area contributed by atoms with Gasteiger partial charge in [-0.2, -0.15) is 0 Å². The number of likely N-dealkylation sites (tertiary alicyclic amines) is 1. The Morgan fingerprint density at radius 1 is 1.33 bits per heavy atom. The Balaban J connectivity index is 2.16. The molecule has 1 saturated heterocycles. The van der Waals surface area contributed by atoms with Crippen LogP contribution in [0.2, 0.25) is 5.02 Å². The van der Waals surface area contributed by atoms with Crippen molar-refractivity contribution in [2.24, 2.45) is 5.73 Å². The van der Waals surface area contributed by atoms with E-state index in [1.807, 2.05) is 0 Å². The fourth-order valence-corrected chi connectivity index (χ4v) is 2.52. The van der Waals surface area contributed by atoms with Crippen LogP contribution in [0.1, 0.15) is 23.2 Å². The molecule has 0 aromatic heterocycles. The number of primary amides is 1. The van der Waals surface area contributed by atoms with Crippen LogP contribution >= 0.6 is 11.6 Å². The molecule has 0 saturated carbocycles. The summed E-state index contributed by atoms with van der Waals surface area (Å²) in [5.74, 6) is -1.70. The molecular weight excluding hydrogens is 298 g/mol. The fourth-order valence-electron chi connectivity index (χ4n) is 2.29. The van der Waals surface area contributed by atoms with Crippen molar-refractivity contribution in [1.82, 2.24) is 4.90 Å². The molecule has 8 heteroatoms. The number of rotatable bonds is 3. The number of nitrogens with two attached hydrogens (primary N) is 1. The summed E-state index contributed by atoms with van der Waals surface area (Å²) in [7, 11) is 0. The fraction of sp³-hybridized carbons (Fsp3) is 0.308. The lowest BCUT2D eigenvalue weighted by Crippen LogP contribution is -2.45. The van der Waals surface area contributed by atoms with Crippen LogP contribution in [0.3, 0.4) is 0 Å². The maximum absolute atomic E-state index is 12.1. The predicted molar refractivity (Wildman–Crippen MR) is 76.4 cm³/mol. The summed E-state index contributed by atoms with van der Waals surface area (Å²) in [5.41, 5.74) is 5.46. The molecule has 0 spiro atoms. The number of carbonyl (C=O) groups excluding carboxylic acids is 2. The predicted octanol–water partition coefficient (Wildman–Crippen LogP) is 1.52. The summed E-state index contributed by atoms with van der Waals surface area (Å²) in [6.07, 6.45) is 1.22. The summed E-state index contributed by atoms with van der Waals surface area (Å²) in [5, 5.41) is 11.7. The average Bonchev–Trinajstić information content (AvgIpc) is 2.87. The molecule has 1 aromatic rings. The highest BCUT2D eigenvalue weighted by Gasteiger charge is 2.32. The van der Waals surface area contributed by atoms with E-state index in [4.69, 9.17) is 22.4 Å². The highest BCUT2D eigenvalue weighted by Crippen LogP contribution is 2.22. The van der Waals surface area contributed by atoms with Crippen LogP contribution in [0.15, 0.2) is 18.2 Å². The van der Waals surface area contributed by atoms with Crippen molar-refractivity contribution in [3.63, 3.8) is 0 Å². The molecular formula is C13H14ClN3O4. The molecule has 1 atom stereocenters. The molecule has 1 fully saturated rings. The van der Waals surface area contributed by atoms with E-state index in [0.29, 0.717) is 19.4 Å². The summed E-state index contributed by atoms with van der Waals surface area (Å²) in [6, 6.07) is 2.86. The van der Waals surface area contributed by atoms with Gasteiger partial charge in [0.2, 0.25) is 5.91 Å². The molecule has 21 heavy (non-hydrogen) atoms. The Bertz CT molecular complexity index is 605. The lowest BCUT2D eigenvalue weighted by atomic mass is 10.2. The molecule has 112 valence electrons. The second-order valence-electron chi connectivity index (χ2n) is 4.72. The highest BCUT2D eigenvalue weighted by molar-refractivity contribution is 6.31. The van der Waals surface area contributed by atoms with Crippen molar-refractivity contribution in [3.05, 3.63) is 28.8 Å². The van der Waals surface area contributed by atoms with Crippen molar-refractivity contribution in [2.75, 3.05) is 11.9 Å². The monoisotopic (exact) mass is 311 g/mol. The maximum atomic E-state index is 12.1. The SMILES string of the molecule is NC(=O)C1CCCN1C(=O)Nc1cc(Cl)cc(C(=O)O)c1. The minimum atomic E-state index is -1.15. The number of carboxylic acid groups (broad SMARTS) is 1. The number of anilines is 1. The van der Waals surface area contributed by atoms with Gasteiger partial charge in [0.15, 0.2) is 0 Å². The van der Waals surface area contributed by atoms with Gasteiger partial charge in [0.05, 0.1) is 5.56 Å². The Labute approximate surface area is 125 Å². The van der Waals surface area contributed by atoms with Gasteiger partial charge in [-0.3, -0.25) is 4.79 Å². The number of hydrogen-bond donors (Lipinski definition) is 3. The normalized spacial score (nSPS) is 17.6. The molecule has 1 aromatic carbocycles. The highest BCUT2D eigenvalue weighted by atomic mass is 35.5. The standard InChI is InChI=1S/C13H14ClN3O4/c14-8-4-7(12(19)20)5-9(6-8)16-13(21)17-3-1-2-10(17)11(15)18/h4-6,10H,1-3H2,(H2,15,18)(H,16,21)(H,19,20). The first-order chi connectivity index (χ1) is 9.88. The van der Waals surface area contributed by atoms with Crippen molar-refractivity contribution < 1.29 is 19.5 Å². The van der Waals surface area contributed by atoms with Crippen molar-refractivity contribution >= 4 is 35.2 Å². The second kappa shape index (κ2) is 6.01. The third-order valence-corrected chi connectivity index (χ3v) is 3.46. The summed E-state index contributed by atoms with van der Waals surface area (Å²) in [6.45, 7) is 0.422. The van der Waals surface area contributed by atoms with Gasteiger partial charge in [-0.05, 0) is 31.0 Å². The zero-order valence-electron chi connectivity index (χ0n) is 11.0. The van der Waals surface area contributed by atoms with Gasteiger partial charge in [-0.1, -0.05) is 11.6 Å². The van der Waals surface area contributed by atoms with Crippen LogP contribution in [0.5, 0.6) is 0 Å². The zero-order chi connectivity index (χ0) is 15.6. The molecule has 1 unspecified atom stereocenters. The number of carboxylic acids is 1. The largest absolute Gasteiger partial charge is 0.478 e. The van der Waals surface area contributed by atoms with Crippen LogP contribution in [0, 0.1) is 0 Å². The number of hydrogen-bond acceptors (Lipinski definition) is 3. The number of nitrogens with one attached hydrogen (secondary N) is 1. The maximum Gasteiger partial charge on any atom is 0.335 e. The second-order valence-corrected chi connectivity index (χ2v) is 5.15. The van der Waals surface area contributed by atoms with Gasteiger partial charge in [0.25, 0.3) is 0 Å². The van der Waals surface area contributed by atoms with E-state index in [-0.39, 0.29) is 16.3 Å². The summed E-state index contributed by atoms with van der Waals surface area (Å²) >= 11 is 5.81. The van der Waals surface area contributed by atoms with E-state index in [1.54, 1.807) is 0 Å². The van der Waals surface area contributed by atoms with E-state index >= 15 is 0 Å². The number of urea groups is 1. The minimum absolute atomic E-state index is 0.0364. The van der Waals surface area contributed by atoms with Crippen LogP contribution in [-0.4, -0.2) is 40.5 Å². The van der Waals surface area contributed by atoms with E-state index in [2.05, 4.69) is 5.32 Å². The van der Waals surface area contributed by atoms with Gasteiger partial charge < -0.3 is 21.1 Å². The number of carbonyl (C=O) groups is 3. The van der Waals surface area contributed by atoms with E-state index in [9.17, 15) is 14.4 Å². The van der Waals surface area contributed by atoms with Crippen molar-refractivity contribution in [1.29, 1.82) is 0 Å². The number of aromatic carboxylic acids is 1. The first-order valence-electron chi connectivity index (χ1n) is 6.29. The number of amides is 3. The third-order valence-electron chi connectivity index (χ3n) is 3.24. The minimum Gasteiger partial charge on any atom is -0.478 e. The third kappa shape index (κ3) is 3.43.